The van der Waals surface area contributed by atoms with Crippen molar-refractivity contribution in [1.29, 1.82) is 0 Å². The van der Waals surface area contributed by atoms with Crippen molar-refractivity contribution in [2.45, 2.75) is 39.3 Å². The molecule has 2 aromatic rings. The summed E-state index contributed by atoms with van der Waals surface area (Å²) in [6.45, 7) is 5.29. The number of aliphatic hydroxyl groups excluding tert-OH is 1. The van der Waals surface area contributed by atoms with Crippen LogP contribution in [-0.4, -0.2) is 16.6 Å². The summed E-state index contributed by atoms with van der Waals surface area (Å²) < 4.78 is 0. The number of benzene rings is 1. The molecule has 1 atom stereocenters. The molecule has 108 valence electrons. The summed E-state index contributed by atoms with van der Waals surface area (Å²) in [5.41, 5.74) is 3.35. The second-order valence-corrected chi connectivity index (χ2v) is 5.86. The van der Waals surface area contributed by atoms with E-state index >= 15 is 0 Å². The third-order valence-corrected chi connectivity index (χ3v) is 4.41. The molecule has 2 N–H and O–H groups in total. The highest BCUT2D eigenvalue weighted by molar-refractivity contribution is 7.09. The van der Waals surface area contributed by atoms with Gasteiger partial charge in [0.1, 0.15) is 0 Å². The zero-order chi connectivity index (χ0) is 14.4. The first-order valence-electron chi connectivity index (χ1n) is 7.09. The van der Waals surface area contributed by atoms with Gasteiger partial charge < -0.3 is 10.4 Å². The van der Waals surface area contributed by atoms with E-state index in [1.165, 1.54) is 16.3 Å². The average molecular weight is 290 g/mol. The van der Waals surface area contributed by atoms with Crippen LogP contribution in [0, 0.1) is 0 Å². The van der Waals surface area contributed by atoms with Crippen LogP contribution in [0.25, 0.3) is 0 Å². The van der Waals surface area contributed by atoms with Gasteiger partial charge >= 0.3 is 0 Å². The molecule has 0 aliphatic rings. The molecule has 0 amide bonds. The van der Waals surface area contributed by atoms with Crippen molar-refractivity contribution < 1.29 is 5.11 Å². The standard InChI is InChI=1S/C16H22N2OS/c1-3-16-18-15(11-20-16)7-8-17-12(2)14-6-4-5-13(9-14)10-19/h4-6,9,11-12,17,19H,3,7-8,10H2,1-2H3. The molecule has 0 aliphatic carbocycles. The molecule has 0 radical (unpaired) electrons. The Labute approximate surface area is 124 Å². The molecule has 1 aromatic heterocycles. The van der Waals surface area contributed by atoms with Crippen LogP contribution in [0.15, 0.2) is 29.6 Å². The summed E-state index contributed by atoms with van der Waals surface area (Å²) >= 11 is 1.74. The number of hydrogen-bond acceptors (Lipinski definition) is 4. The van der Waals surface area contributed by atoms with E-state index in [0.717, 1.165) is 24.9 Å². The van der Waals surface area contributed by atoms with Crippen molar-refractivity contribution in [3.63, 3.8) is 0 Å². The lowest BCUT2D eigenvalue weighted by atomic mass is 10.1. The molecular weight excluding hydrogens is 268 g/mol. The number of hydrogen-bond donors (Lipinski definition) is 2. The van der Waals surface area contributed by atoms with E-state index in [0.29, 0.717) is 0 Å². The summed E-state index contributed by atoms with van der Waals surface area (Å²) in [4.78, 5) is 4.57. The molecule has 0 aliphatic heterocycles. The van der Waals surface area contributed by atoms with Gasteiger partial charge in [-0.25, -0.2) is 4.98 Å². The summed E-state index contributed by atoms with van der Waals surface area (Å²) in [5, 5.41) is 16.0. The van der Waals surface area contributed by atoms with Gasteiger partial charge in [-0.3, -0.25) is 0 Å². The van der Waals surface area contributed by atoms with Gasteiger partial charge in [0.05, 0.1) is 17.3 Å². The monoisotopic (exact) mass is 290 g/mol. The fraction of sp³-hybridized carbons (Fsp3) is 0.438. The highest BCUT2D eigenvalue weighted by Gasteiger charge is 2.06. The van der Waals surface area contributed by atoms with Gasteiger partial charge in [0.15, 0.2) is 0 Å². The highest BCUT2D eigenvalue weighted by atomic mass is 32.1. The molecular formula is C16H22N2OS. The Balaban J connectivity index is 1.83. The molecule has 0 saturated carbocycles. The van der Waals surface area contributed by atoms with E-state index in [9.17, 15) is 0 Å². The first-order chi connectivity index (χ1) is 9.72. The maximum Gasteiger partial charge on any atom is 0.0925 e. The van der Waals surface area contributed by atoms with Crippen LogP contribution in [0.2, 0.25) is 0 Å². The third-order valence-electron chi connectivity index (χ3n) is 3.37. The number of thiazole rings is 1. The predicted octanol–water partition coefficient (Wildman–Crippen LogP) is 3.09. The van der Waals surface area contributed by atoms with Gasteiger partial charge in [-0.1, -0.05) is 31.2 Å². The van der Waals surface area contributed by atoms with Crippen LogP contribution in [0.5, 0.6) is 0 Å². The largest absolute Gasteiger partial charge is 0.392 e. The second kappa shape index (κ2) is 7.53. The van der Waals surface area contributed by atoms with Gasteiger partial charge in [-0.15, -0.1) is 11.3 Å². The van der Waals surface area contributed by atoms with E-state index in [1.54, 1.807) is 11.3 Å². The van der Waals surface area contributed by atoms with Crippen molar-refractivity contribution in [3.05, 3.63) is 51.5 Å². The van der Waals surface area contributed by atoms with Crippen molar-refractivity contribution in [2.24, 2.45) is 0 Å². The fourth-order valence-corrected chi connectivity index (χ4v) is 2.90. The van der Waals surface area contributed by atoms with Gasteiger partial charge in [0, 0.05) is 24.4 Å². The number of aryl methyl sites for hydroxylation is 1. The minimum absolute atomic E-state index is 0.0964. The first kappa shape index (κ1) is 15.2. The molecule has 4 heteroatoms. The lowest BCUT2D eigenvalue weighted by Gasteiger charge is -2.14. The zero-order valence-corrected chi connectivity index (χ0v) is 12.9. The van der Waals surface area contributed by atoms with Crippen LogP contribution in [-0.2, 0) is 19.4 Å². The molecule has 1 heterocycles. The smallest absolute Gasteiger partial charge is 0.0925 e. The Morgan fingerprint density at radius 3 is 2.95 bits per heavy atom. The van der Waals surface area contributed by atoms with Crippen molar-refractivity contribution in [3.8, 4) is 0 Å². The minimum Gasteiger partial charge on any atom is -0.392 e. The van der Waals surface area contributed by atoms with Gasteiger partial charge in [-0.2, -0.15) is 0 Å². The maximum atomic E-state index is 9.17. The van der Waals surface area contributed by atoms with E-state index in [4.69, 9.17) is 5.11 Å². The lowest BCUT2D eigenvalue weighted by Crippen LogP contribution is -2.21. The van der Waals surface area contributed by atoms with Crippen LogP contribution in [0.3, 0.4) is 0 Å². The second-order valence-electron chi connectivity index (χ2n) is 4.92. The van der Waals surface area contributed by atoms with Gasteiger partial charge in [0.25, 0.3) is 0 Å². The van der Waals surface area contributed by atoms with Gasteiger partial charge in [-0.05, 0) is 24.5 Å². The summed E-state index contributed by atoms with van der Waals surface area (Å²) in [7, 11) is 0. The lowest BCUT2D eigenvalue weighted by molar-refractivity contribution is 0.281. The quantitative estimate of drug-likeness (QED) is 0.823. The maximum absolute atomic E-state index is 9.17. The number of nitrogens with one attached hydrogen (secondary N) is 1. The normalized spacial score (nSPS) is 12.6. The van der Waals surface area contributed by atoms with Gasteiger partial charge in [0.2, 0.25) is 0 Å². The van der Waals surface area contributed by atoms with E-state index in [1.807, 2.05) is 12.1 Å². The predicted molar refractivity (Wildman–Crippen MR) is 84.0 cm³/mol. The molecule has 3 nitrogen and oxygen atoms in total. The van der Waals surface area contributed by atoms with Crippen molar-refractivity contribution in [1.82, 2.24) is 10.3 Å². The topological polar surface area (TPSA) is 45.2 Å². The van der Waals surface area contributed by atoms with Crippen molar-refractivity contribution in [2.75, 3.05) is 6.54 Å². The molecule has 0 bridgehead atoms. The number of rotatable bonds is 7. The number of nitrogens with zero attached hydrogens (tertiary/aromatic N) is 1. The molecule has 20 heavy (non-hydrogen) atoms. The van der Waals surface area contributed by atoms with Crippen LogP contribution in [0.1, 0.15) is 41.7 Å². The SMILES string of the molecule is CCc1nc(CCNC(C)c2cccc(CO)c2)cs1. The van der Waals surface area contributed by atoms with Crippen LogP contribution >= 0.6 is 11.3 Å². The van der Waals surface area contributed by atoms with E-state index in [-0.39, 0.29) is 12.6 Å². The van der Waals surface area contributed by atoms with Crippen LogP contribution < -0.4 is 5.32 Å². The van der Waals surface area contributed by atoms with E-state index in [2.05, 4.69) is 41.7 Å². The number of aromatic nitrogens is 1. The number of aliphatic hydroxyl groups is 1. The highest BCUT2D eigenvalue weighted by Crippen LogP contribution is 2.15. The Hall–Kier alpha value is -1.23. The first-order valence-corrected chi connectivity index (χ1v) is 7.97. The Morgan fingerprint density at radius 1 is 1.40 bits per heavy atom. The Morgan fingerprint density at radius 2 is 2.25 bits per heavy atom. The summed E-state index contributed by atoms with van der Waals surface area (Å²) in [6.07, 6.45) is 1.98. The molecule has 2 rings (SSSR count). The zero-order valence-electron chi connectivity index (χ0n) is 12.1. The summed E-state index contributed by atoms with van der Waals surface area (Å²) in [6, 6.07) is 8.36. The average Bonchev–Trinajstić information content (AvgIpc) is 2.95. The van der Waals surface area contributed by atoms with Crippen LogP contribution in [0.4, 0.5) is 0 Å². The fourth-order valence-electron chi connectivity index (χ4n) is 2.12. The van der Waals surface area contributed by atoms with Crippen molar-refractivity contribution >= 4 is 11.3 Å². The Bertz CT molecular complexity index is 539. The third kappa shape index (κ3) is 4.13. The molecule has 1 aromatic carbocycles. The molecule has 0 spiro atoms. The summed E-state index contributed by atoms with van der Waals surface area (Å²) in [5.74, 6) is 0. The molecule has 0 saturated heterocycles. The Kier molecular flexibility index (Phi) is 5.71. The minimum atomic E-state index is 0.0964. The molecule has 0 fully saturated rings. The van der Waals surface area contributed by atoms with E-state index < -0.39 is 0 Å². The molecule has 1 unspecified atom stereocenters.